The van der Waals surface area contributed by atoms with Crippen molar-refractivity contribution in [1.29, 1.82) is 0 Å². The molecule has 0 aliphatic rings. The van der Waals surface area contributed by atoms with Gasteiger partial charge in [-0.2, -0.15) is 0 Å². The molecule has 0 aromatic heterocycles. The highest BCUT2D eigenvalue weighted by atomic mass is 31.2. The Bertz CT molecular complexity index is 2160. The average molecular weight is 1400 g/mol. The van der Waals surface area contributed by atoms with Gasteiger partial charge in [-0.1, -0.05) is 254 Å². The fourth-order valence-corrected chi connectivity index (χ4v) is 11.6. The lowest BCUT2D eigenvalue weighted by Gasteiger charge is -2.21. The van der Waals surface area contributed by atoms with E-state index in [1.54, 1.807) is 0 Å². The number of phosphoric acid groups is 2. The van der Waals surface area contributed by atoms with Gasteiger partial charge in [-0.05, 0) is 128 Å². The number of unbranched alkanes of at least 4 members (excludes halogenated alkanes) is 31. The van der Waals surface area contributed by atoms with E-state index in [2.05, 4.69) is 113 Å². The maximum atomic E-state index is 13.1. The van der Waals surface area contributed by atoms with Crippen molar-refractivity contribution in [2.45, 2.75) is 341 Å². The number of ether oxygens (including phenoxy) is 4. The number of aliphatic hydroxyl groups excluding tert-OH is 1. The lowest BCUT2D eigenvalue weighted by atomic mass is 10.1. The molecule has 0 fully saturated rings. The summed E-state index contributed by atoms with van der Waals surface area (Å²) in [4.78, 5) is 72.7. The maximum absolute atomic E-state index is 13.1. The highest BCUT2D eigenvalue weighted by Crippen LogP contribution is 2.45. The molecule has 3 N–H and O–H groups in total. The van der Waals surface area contributed by atoms with Crippen molar-refractivity contribution in [3.63, 3.8) is 0 Å². The van der Waals surface area contributed by atoms with Gasteiger partial charge in [0.05, 0.1) is 26.4 Å². The second-order valence-corrected chi connectivity index (χ2v) is 28.1. The summed E-state index contributed by atoms with van der Waals surface area (Å²) < 4.78 is 68.3. The van der Waals surface area contributed by atoms with Crippen LogP contribution >= 0.6 is 15.6 Å². The zero-order valence-corrected chi connectivity index (χ0v) is 62.3. The third-order valence-electron chi connectivity index (χ3n) is 15.8. The standard InChI is InChI=1S/C77H136O17P2/c1-5-9-13-17-21-25-29-31-33-34-35-36-38-39-43-46-50-54-58-62-75(80)88-68-73(94-77(82)64-60-56-52-48-44-40-37-32-30-26-22-18-14-10-6-2)70-92-96(85,86)90-66-71(78)65-89-95(83,84)91-69-72(93-76(81)63-59-55-51-47-42-28-24-20-16-12-8-4)67-87-74(79)61-57-53-49-45-41-27-23-19-15-11-7-3/h9,13,19-21,23-25,31-33,35-37,71-73,78H,5-8,10-12,14-18,22,26-30,34,38-70H2,1-4H3,(H,83,84)(H,85,86)/b13-9-,23-19-,24-20-,25-21-,33-31-,36-35-,37-32-. The fraction of sp³-hybridized carbons (Fsp3) is 0.766. The lowest BCUT2D eigenvalue weighted by molar-refractivity contribution is -0.161. The highest BCUT2D eigenvalue weighted by Gasteiger charge is 2.30. The molecular formula is C77H136O17P2. The number of aliphatic hydroxyl groups is 1. The summed E-state index contributed by atoms with van der Waals surface area (Å²) in [5.41, 5.74) is 0. The topological polar surface area (TPSA) is 237 Å². The molecule has 0 radical (unpaired) electrons. The zero-order chi connectivity index (χ0) is 70.4. The summed E-state index contributed by atoms with van der Waals surface area (Å²) in [6, 6.07) is 0. The third-order valence-corrected chi connectivity index (χ3v) is 17.7. The monoisotopic (exact) mass is 1390 g/mol. The van der Waals surface area contributed by atoms with Crippen LogP contribution in [0.4, 0.5) is 0 Å². The zero-order valence-electron chi connectivity index (χ0n) is 60.5. The van der Waals surface area contributed by atoms with Crippen molar-refractivity contribution in [2.75, 3.05) is 39.6 Å². The first-order chi connectivity index (χ1) is 46.7. The second-order valence-electron chi connectivity index (χ2n) is 25.2. The predicted octanol–water partition coefficient (Wildman–Crippen LogP) is 21.4. The summed E-state index contributed by atoms with van der Waals surface area (Å²) in [6.45, 7) is 4.65. The number of rotatable bonds is 71. The summed E-state index contributed by atoms with van der Waals surface area (Å²) in [6.07, 6.45) is 70.1. The molecule has 0 bridgehead atoms. The van der Waals surface area contributed by atoms with Crippen molar-refractivity contribution in [3.05, 3.63) is 85.1 Å². The van der Waals surface area contributed by atoms with Crippen LogP contribution < -0.4 is 0 Å². The molecule has 0 aliphatic heterocycles. The van der Waals surface area contributed by atoms with Crippen molar-refractivity contribution in [3.8, 4) is 0 Å². The van der Waals surface area contributed by atoms with Crippen LogP contribution in [0, 0.1) is 0 Å². The number of hydrogen-bond donors (Lipinski definition) is 3. The fourth-order valence-electron chi connectivity index (χ4n) is 9.99. The van der Waals surface area contributed by atoms with Gasteiger partial charge >= 0.3 is 39.5 Å². The largest absolute Gasteiger partial charge is 0.472 e. The number of hydrogen-bond acceptors (Lipinski definition) is 15. The smallest absolute Gasteiger partial charge is 0.462 e. The van der Waals surface area contributed by atoms with Crippen LogP contribution in [0.3, 0.4) is 0 Å². The van der Waals surface area contributed by atoms with Crippen molar-refractivity contribution in [1.82, 2.24) is 0 Å². The van der Waals surface area contributed by atoms with E-state index < -0.39 is 97.5 Å². The van der Waals surface area contributed by atoms with Gasteiger partial charge in [0, 0.05) is 25.7 Å². The summed E-state index contributed by atoms with van der Waals surface area (Å²) in [5.74, 6) is -2.20. The van der Waals surface area contributed by atoms with Gasteiger partial charge in [0.25, 0.3) is 0 Å². The maximum Gasteiger partial charge on any atom is 0.472 e. The average Bonchev–Trinajstić information content (AvgIpc) is 1.41. The number of esters is 4. The lowest BCUT2D eigenvalue weighted by Crippen LogP contribution is -2.30. The first kappa shape index (κ1) is 92.2. The van der Waals surface area contributed by atoms with Crippen LogP contribution in [-0.2, 0) is 65.4 Å². The Morgan fingerprint density at radius 2 is 0.552 bits per heavy atom. The number of carbonyl (C=O) groups is 4. The van der Waals surface area contributed by atoms with Crippen LogP contribution in [0.25, 0.3) is 0 Å². The normalized spacial score (nSPS) is 14.4. The minimum atomic E-state index is -4.98. The molecule has 0 aromatic rings. The van der Waals surface area contributed by atoms with Gasteiger partial charge in [-0.15, -0.1) is 0 Å². The summed E-state index contributed by atoms with van der Waals surface area (Å²) >= 11 is 0. The number of phosphoric ester groups is 2. The molecule has 5 atom stereocenters. The Hall–Kier alpha value is -3.76. The summed E-state index contributed by atoms with van der Waals surface area (Å²) in [5, 5.41) is 10.6. The molecule has 556 valence electrons. The van der Waals surface area contributed by atoms with E-state index in [1.165, 1.54) is 64.2 Å². The molecule has 0 heterocycles. The van der Waals surface area contributed by atoms with Crippen LogP contribution in [0.5, 0.6) is 0 Å². The van der Waals surface area contributed by atoms with Crippen LogP contribution in [0.1, 0.15) is 323 Å². The summed E-state index contributed by atoms with van der Waals surface area (Å²) in [7, 11) is -9.94. The molecule has 0 amide bonds. The van der Waals surface area contributed by atoms with Gasteiger partial charge in [-0.3, -0.25) is 37.3 Å². The molecule has 0 aromatic carbocycles. The molecular weight excluding hydrogens is 1260 g/mol. The first-order valence-electron chi connectivity index (χ1n) is 37.8. The molecule has 0 spiro atoms. The quantitative estimate of drug-likeness (QED) is 0.0169. The molecule has 0 rings (SSSR count). The van der Waals surface area contributed by atoms with E-state index >= 15 is 0 Å². The minimum Gasteiger partial charge on any atom is -0.462 e. The van der Waals surface area contributed by atoms with Gasteiger partial charge in [0.15, 0.2) is 12.2 Å². The van der Waals surface area contributed by atoms with Gasteiger partial charge in [0.2, 0.25) is 0 Å². The molecule has 0 saturated heterocycles. The molecule has 5 unspecified atom stereocenters. The number of carbonyl (C=O) groups excluding carboxylic acids is 4. The first-order valence-corrected chi connectivity index (χ1v) is 40.8. The molecule has 96 heavy (non-hydrogen) atoms. The Labute approximate surface area is 583 Å². The molecule has 17 nitrogen and oxygen atoms in total. The van der Waals surface area contributed by atoms with Crippen LogP contribution in [0.15, 0.2) is 85.1 Å². The third kappa shape index (κ3) is 68.8. The Kier molecular flexibility index (Phi) is 67.0. The van der Waals surface area contributed by atoms with Gasteiger partial charge in [0.1, 0.15) is 19.3 Å². The predicted molar refractivity (Wildman–Crippen MR) is 390 cm³/mol. The molecule has 0 saturated carbocycles. The Morgan fingerprint density at radius 1 is 0.302 bits per heavy atom. The van der Waals surface area contributed by atoms with Crippen molar-refractivity contribution >= 4 is 39.5 Å². The van der Waals surface area contributed by atoms with E-state index in [4.69, 9.17) is 37.0 Å². The van der Waals surface area contributed by atoms with E-state index in [1.807, 2.05) is 0 Å². The Morgan fingerprint density at radius 3 is 0.875 bits per heavy atom. The number of allylic oxidation sites excluding steroid dienone is 14. The van der Waals surface area contributed by atoms with Crippen LogP contribution in [-0.4, -0.2) is 96.7 Å². The van der Waals surface area contributed by atoms with Crippen molar-refractivity contribution < 1.29 is 80.2 Å². The van der Waals surface area contributed by atoms with Gasteiger partial charge in [-0.25, -0.2) is 9.13 Å². The minimum absolute atomic E-state index is 0.0828. The second kappa shape index (κ2) is 69.7. The van der Waals surface area contributed by atoms with Crippen molar-refractivity contribution in [2.24, 2.45) is 0 Å². The Balaban J connectivity index is 5.32. The van der Waals surface area contributed by atoms with E-state index in [9.17, 15) is 43.2 Å². The van der Waals surface area contributed by atoms with E-state index in [0.717, 1.165) is 180 Å². The SMILES string of the molecule is CC/C=C\C/C=C\C/C=C\C/C=C\CCCCCCCCC(=O)OCC(COP(=O)(O)OCC(O)COP(=O)(O)OCC(COC(=O)CCCCCCC/C=C\CCCC)OC(=O)CCCCCCC/C=C\CCCC)OC(=O)CCCCCCC/C=C\CCCCCCCC. The molecule has 0 aliphatic carbocycles. The van der Waals surface area contributed by atoms with E-state index in [-0.39, 0.29) is 25.7 Å². The van der Waals surface area contributed by atoms with Crippen LogP contribution in [0.2, 0.25) is 0 Å². The van der Waals surface area contributed by atoms with E-state index in [0.29, 0.717) is 25.7 Å². The molecule has 19 heteroatoms. The highest BCUT2D eigenvalue weighted by molar-refractivity contribution is 7.47. The van der Waals surface area contributed by atoms with Gasteiger partial charge < -0.3 is 33.8 Å².